The molecule has 0 fully saturated rings. The number of hydrogen-bond donors (Lipinski definition) is 2. The summed E-state index contributed by atoms with van der Waals surface area (Å²) in [5, 5.41) is 3.41. The van der Waals surface area contributed by atoms with Gasteiger partial charge in [-0.25, -0.2) is 0 Å². The summed E-state index contributed by atoms with van der Waals surface area (Å²) in [6.45, 7) is 6.96. The van der Waals surface area contributed by atoms with E-state index in [1.165, 1.54) is 16.8 Å². The Morgan fingerprint density at radius 1 is 1.38 bits per heavy atom. The van der Waals surface area contributed by atoms with Gasteiger partial charge in [0.2, 0.25) is 0 Å². The van der Waals surface area contributed by atoms with Crippen LogP contribution in [-0.2, 0) is 6.54 Å². The van der Waals surface area contributed by atoms with Crippen LogP contribution in [0.25, 0.3) is 0 Å². The average Bonchev–Trinajstić information content (AvgIpc) is 2.08. The molecule has 13 heavy (non-hydrogen) atoms. The highest BCUT2D eigenvalue weighted by Gasteiger charge is 2.04. The normalized spacial score (nSPS) is 10.5. The molecule has 0 amide bonds. The third-order valence-electron chi connectivity index (χ3n) is 2.01. The van der Waals surface area contributed by atoms with E-state index in [9.17, 15) is 0 Å². The summed E-state index contributed by atoms with van der Waals surface area (Å²) in [6, 6.07) is 6.66. The van der Waals surface area contributed by atoms with Gasteiger partial charge < -0.3 is 11.1 Å². The highest BCUT2D eigenvalue weighted by atomic mass is 14.9. The van der Waals surface area contributed by atoms with Crippen molar-refractivity contribution in [2.45, 2.75) is 33.4 Å². The first-order chi connectivity index (χ1) is 6.15. The van der Waals surface area contributed by atoms with Gasteiger partial charge in [0.1, 0.15) is 0 Å². The van der Waals surface area contributed by atoms with E-state index >= 15 is 0 Å². The first-order valence-corrected chi connectivity index (χ1v) is 4.70. The molecule has 0 unspecified atom stereocenters. The molecule has 2 heteroatoms. The van der Waals surface area contributed by atoms with E-state index in [0.29, 0.717) is 12.6 Å². The van der Waals surface area contributed by atoms with Gasteiger partial charge >= 0.3 is 0 Å². The standard InChI is InChI=1S/C11H18N2/c1-8(2)13-11-9(3)5-4-6-10(11)7-12/h4-6,8,13H,7,12H2,1-3H3. The SMILES string of the molecule is Cc1cccc(CN)c1NC(C)C. The summed E-state index contributed by atoms with van der Waals surface area (Å²) >= 11 is 0. The van der Waals surface area contributed by atoms with Gasteiger partial charge in [-0.3, -0.25) is 0 Å². The lowest BCUT2D eigenvalue weighted by Gasteiger charge is -2.16. The molecule has 0 bridgehead atoms. The van der Waals surface area contributed by atoms with Gasteiger partial charge in [-0.05, 0) is 31.9 Å². The monoisotopic (exact) mass is 178 g/mol. The number of benzene rings is 1. The first kappa shape index (κ1) is 10.1. The van der Waals surface area contributed by atoms with Crippen LogP contribution < -0.4 is 11.1 Å². The van der Waals surface area contributed by atoms with E-state index in [1.807, 2.05) is 6.07 Å². The second kappa shape index (κ2) is 4.28. The summed E-state index contributed by atoms with van der Waals surface area (Å²) in [7, 11) is 0. The number of para-hydroxylation sites is 1. The fourth-order valence-corrected chi connectivity index (χ4v) is 1.39. The van der Waals surface area contributed by atoms with Crippen LogP contribution >= 0.6 is 0 Å². The first-order valence-electron chi connectivity index (χ1n) is 4.70. The number of anilines is 1. The van der Waals surface area contributed by atoms with Crippen molar-refractivity contribution in [1.29, 1.82) is 0 Å². The molecule has 0 atom stereocenters. The van der Waals surface area contributed by atoms with Crippen LogP contribution in [0.2, 0.25) is 0 Å². The molecule has 2 nitrogen and oxygen atoms in total. The molecule has 3 N–H and O–H groups in total. The molecule has 1 aromatic rings. The van der Waals surface area contributed by atoms with E-state index < -0.39 is 0 Å². The van der Waals surface area contributed by atoms with Crippen LogP contribution in [0.3, 0.4) is 0 Å². The second-order valence-electron chi connectivity index (χ2n) is 3.61. The molecule has 0 saturated carbocycles. The molecule has 0 radical (unpaired) electrons. The Labute approximate surface area is 80.1 Å². The maximum atomic E-state index is 5.66. The summed E-state index contributed by atoms with van der Waals surface area (Å²) in [5.74, 6) is 0. The number of nitrogens with one attached hydrogen (secondary N) is 1. The molecule has 0 aliphatic rings. The highest BCUT2D eigenvalue weighted by molar-refractivity contribution is 5.57. The molecule has 72 valence electrons. The van der Waals surface area contributed by atoms with Gasteiger partial charge in [-0.2, -0.15) is 0 Å². The Balaban J connectivity index is 3.00. The van der Waals surface area contributed by atoms with Gasteiger partial charge in [0.05, 0.1) is 0 Å². The van der Waals surface area contributed by atoms with Gasteiger partial charge in [-0.15, -0.1) is 0 Å². The predicted octanol–water partition coefficient (Wildman–Crippen LogP) is 2.27. The van der Waals surface area contributed by atoms with Gasteiger partial charge in [0.15, 0.2) is 0 Å². The van der Waals surface area contributed by atoms with E-state index in [0.717, 1.165) is 0 Å². The lowest BCUT2D eigenvalue weighted by Crippen LogP contribution is -2.14. The zero-order valence-electron chi connectivity index (χ0n) is 8.59. The van der Waals surface area contributed by atoms with Crippen LogP contribution in [0.1, 0.15) is 25.0 Å². The Kier molecular flexibility index (Phi) is 3.32. The Hall–Kier alpha value is -1.02. The lowest BCUT2D eigenvalue weighted by molar-refractivity contribution is 0.889. The molecule has 0 heterocycles. The van der Waals surface area contributed by atoms with Crippen molar-refractivity contribution in [3.8, 4) is 0 Å². The molecule has 1 rings (SSSR count). The molecule has 0 aliphatic carbocycles. The van der Waals surface area contributed by atoms with Crippen LogP contribution in [0.4, 0.5) is 5.69 Å². The van der Waals surface area contributed by atoms with Crippen molar-refractivity contribution in [3.63, 3.8) is 0 Å². The van der Waals surface area contributed by atoms with E-state index in [2.05, 4.69) is 38.2 Å². The third kappa shape index (κ3) is 2.46. The Bertz CT molecular complexity index is 279. The minimum Gasteiger partial charge on any atom is -0.382 e. The average molecular weight is 178 g/mol. The second-order valence-corrected chi connectivity index (χ2v) is 3.61. The number of rotatable bonds is 3. The largest absolute Gasteiger partial charge is 0.382 e. The van der Waals surface area contributed by atoms with Crippen LogP contribution in [0.15, 0.2) is 18.2 Å². The van der Waals surface area contributed by atoms with Gasteiger partial charge in [-0.1, -0.05) is 18.2 Å². The van der Waals surface area contributed by atoms with E-state index in [-0.39, 0.29) is 0 Å². The van der Waals surface area contributed by atoms with Crippen molar-refractivity contribution in [2.75, 3.05) is 5.32 Å². The summed E-state index contributed by atoms with van der Waals surface area (Å²) in [4.78, 5) is 0. The topological polar surface area (TPSA) is 38.0 Å². The van der Waals surface area contributed by atoms with Crippen molar-refractivity contribution < 1.29 is 0 Å². The minimum absolute atomic E-state index is 0.450. The predicted molar refractivity (Wildman–Crippen MR) is 57.8 cm³/mol. The van der Waals surface area contributed by atoms with Crippen LogP contribution in [0, 0.1) is 6.92 Å². The van der Waals surface area contributed by atoms with Crippen molar-refractivity contribution in [2.24, 2.45) is 5.73 Å². The smallest absolute Gasteiger partial charge is 0.0417 e. The lowest BCUT2D eigenvalue weighted by atomic mass is 10.1. The molecule has 0 aliphatic heterocycles. The molecule has 0 spiro atoms. The molecule has 0 aromatic heterocycles. The van der Waals surface area contributed by atoms with Gasteiger partial charge in [0, 0.05) is 18.3 Å². The summed E-state index contributed by atoms with van der Waals surface area (Å²) in [6.07, 6.45) is 0. The molecule has 1 aromatic carbocycles. The van der Waals surface area contributed by atoms with Crippen LogP contribution in [0.5, 0.6) is 0 Å². The number of aryl methyl sites for hydroxylation is 1. The van der Waals surface area contributed by atoms with Gasteiger partial charge in [0.25, 0.3) is 0 Å². The quantitative estimate of drug-likeness (QED) is 0.745. The van der Waals surface area contributed by atoms with E-state index in [1.54, 1.807) is 0 Å². The zero-order chi connectivity index (χ0) is 9.84. The third-order valence-corrected chi connectivity index (χ3v) is 2.01. The molecule has 0 saturated heterocycles. The molecular weight excluding hydrogens is 160 g/mol. The summed E-state index contributed by atoms with van der Waals surface area (Å²) in [5.41, 5.74) is 9.30. The number of nitrogens with two attached hydrogens (primary N) is 1. The van der Waals surface area contributed by atoms with Crippen molar-refractivity contribution >= 4 is 5.69 Å². The zero-order valence-corrected chi connectivity index (χ0v) is 8.59. The Morgan fingerprint density at radius 2 is 2.08 bits per heavy atom. The maximum absolute atomic E-state index is 5.66. The number of hydrogen-bond acceptors (Lipinski definition) is 2. The Morgan fingerprint density at radius 3 is 2.62 bits per heavy atom. The summed E-state index contributed by atoms with van der Waals surface area (Å²) < 4.78 is 0. The van der Waals surface area contributed by atoms with Crippen LogP contribution in [-0.4, -0.2) is 6.04 Å². The fraction of sp³-hybridized carbons (Fsp3) is 0.455. The van der Waals surface area contributed by atoms with E-state index in [4.69, 9.17) is 5.73 Å². The minimum atomic E-state index is 0.450. The van der Waals surface area contributed by atoms with Crippen molar-refractivity contribution in [1.82, 2.24) is 0 Å². The van der Waals surface area contributed by atoms with Crippen molar-refractivity contribution in [3.05, 3.63) is 29.3 Å². The maximum Gasteiger partial charge on any atom is 0.0417 e. The highest BCUT2D eigenvalue weighted by Crippen LogP contribution is 2.20. The fourth-order valence-electron chi connectivity index (χ4n) is 1.39. The molecular formula is C11H18N2.